The maximum atomic E-state index is 12.0. The maximum Gasteiger partial charge on any atom is 0.308 e. The fourth-order valence-electron chi connectivity index (χ4n) is 2.62. The molecule has 0 aromatic carbocycles. The van der Waals surface area contributed by atoms with Crippen molar-refractivity contribution < 1.29 is 19.5 Å². The summed E-state index contributed by atoms with van der Waals surface area (Å²) in [6, 6.07) is -0.469. The van der Waals surface area contributed by atoms with Crippen molar-refractivity contribution in [1.82, 2.24) is 10.2 Å². The molecule has 0 aliphatic carbocycles. The van der Waals surface area contributed by atoms with E-state index in [1.54, 1.807) is 13.8 Å². The molecular weight excluding hydrogens is 248 g/mol. The third-order valence-corrected chi connectivity index (χ3v) is 3.49. The first kappa shape index (κ1) is 15.5. The highest BCUT2D eigenvalue weighted by atomic mass is 16.4. The fraction of sp³-hybridized carbons (Fsp3) is 0.769. The van der Waals surface area contributed by atoms with Crippen molar-refractivity contribution in [3.05, 3.63) is 0 Å². The molecule has 2 amide bonds. The average Bonchev–Trinajstić information content (AvgIpc) is 2.22. The number of nitrogens with one attached hydrogen (secondary N) is 1. The van der Waals surface area contributed by atoms with Crippen molar-refractivity contribution in [2.75, 3.05) is 6.54 Å². The number of piperidine rings is 1. The van der Waals surface area contributed by atoms with Gasteiger partial charge in [-0.15, -0.1) is 0 Å². The highest BCUT2D eigenvalue weighted by Crippen LogP contribution is 2.29. The minimum absolute atomic E-state index is 0.00288. The quantitative estimate of drug-likeness (QED) is 0.777. The number of likely N-dealkylation sites (tertiary alicyclic amines) is 1. The Hall–Kier alpha value is -1.59. The molecule has 1 aliphatic heterocycles. The Bertz CT molecular complexity index is 381. The lowest BCUT2D eigenvalue weighted by Crippen LogP contribution is -2.55. The number of carboxylic acids is 1. The standard InChI is InChI=1S/C13H22N2O4/c1-7(2)14-10(16)6-15-9(4)12(13(18)19)8(3)5-11(15)17/h7-9,12H,5-6H2,1-4H3,(H,14,16)(H,18,19). The van der Waals surface area contributed by atoms with Gasteiger partial charge in [-0.25, -0.2) is 0 Å². The summed E-state index contributed by atoms with van der Waals surface area (Å²) < 4.78 is 0. The van der Waals surface area contributed by atoms with E-state index in [4.69, 9.17) is 0 Å². The number of carbonyl (C=O) groups is 3. The lowest BCUT2D eigenvalue weighted by atomic mass is 9.81. The summed E-state index contributed by atoms with van der Waals surface area (Å²) in [5, 5.41) is 11.9. The number of hydrogen-bond donors (Lipinski definition) is 2. The SMILES string of the molecule is CC(C)NC(=O)CN1C(=O)CC(C)C(C(=O)O)C1C. The van der Waals surface area contributed by atoms with Crippen molar-refractivity contribution in [2.45, 2.75) is 46.2 Å². The molecule has 6 nitrogen and oxygen atoms in total. The van der Waals surface area contributed by atoms with Crippen molar-refractivity contribution >= 4 is 17.8 Å². The van der Waals surface area contributed by atoms with Crippen molar-refractivity contribution in [3.8, 4) is 0 Å². The second kappa shape index (κ2) is 6.04. The third-order valence-electron chi connectivity index (χ3n) is 3.49. The molecule has 1 saturated heterocycles. The third kappa shape index (κ3) is 3.68. The molecule has 0 saturated carbocycles. The zero-order valence-corrected chi connectivity index (χ0v) is 11.8. The summed E-state index contributed by atoms with van der Waals surface area (Å²) in [5.74, 6) is -2.15. The molecule has 6 heteroatoms. The van der Waals surface area contributed by atoms with Crippen molar-refractivity contribution in [3.63, 3.8) is 0 Å². The van der Waals surface area contributed by atoms with Crippen LogP contribution in [0.15, 0.2) is 0 Å². The molecule has 1 rings (SSSR count). The van der Waals surface area contributed by atoms with E-state index < -0.39 is 17.9 Å². The van der Waals surface area contributed by atoms with Gasteiger partial charge in [-0.2, -0.15) is 0 Å². The summed E-state index contributed by atoms with van der Waals surface area (Å²) in [5.41, 5.74) is 0. The van der Waals surface area contributed by atoms with Gasteiger partial charge in [0.2, 0.25) is 11.8 Å². The molecule has 19 heavy (non-hydrogen) atoms. The minimum Gasteiger partial charge on any atom is -0.481 e. The van der Waals surface area contributed by atoms with Crippen LogP contribution in [-0.2, 0) is 14.4 Å². The molecule has 0 spiro atoms. The molecule has 0 radical (unpaired) electrons. The highest BCUT2D eigenvalue weighted by Gasteiger charge is 2.42. The number of carbonyl (C=O) groups excluding carboxylic acids is 2. The first-order valence-corrected chi connectivity index (χ1v) is 6.55. The second-order valence-electron chi connectivity index (χ2n) is 5.53. The number of hydrogen-bond acceptors (Lipinski definition) is 3. The molecule has 0 aromatic heterocycles. The smallest absolute Gasteiger partial charge is 0.308 e. The van der Waals surface area contributed by atoms with E-state index in [9.17, 15) is 19.5 Å². The van der Waals surface area contributed by atoms with E-state index in [0.29, 0.717) is 0 Å². The number of rotatable bonds is 4. The summed E-state index contributed by atoms with van der Waals surface area (Å²) in [6.45, 7) is 7.05. The largest absolute Gasteiger partial charge is 0.481 e. The van der Waals surface area contributed by atoms with Crippen LogP contribution in [0.25, 0.3) is 0 Å². The van der Waals surface area contributed by atoms with Crippen LogP contribution in [0.2, 0.25) is 0 Å². The molecule has 1 fully saturated rings. The predicted molar refractivity (Wildman–Crippen MR) is 69.4 cm³/mol. The molecule has 2 N–H and O–H groups in total. The fourth-order valence-corrected chi connectivity index (χ4v) is 2.62. The van der Waals surface area contributed by atoms with Gasteiger partial charge in [0.15, 0.2) is 0 Å². The van der Waals surface area contributed by atoms with Gasteiger partial charge in [0.05, 0.1) is 12.5 Å². The van der Waals surface area contributed by atoms with Crippen LogP contribution in [0.5, 0.6) is 0 Å². The second-order valence-corrected chi connectivity index (χ2v) is 5.53. The van der Waals surface area contributed by atoms with E-state index in [1.165, 1.54) is 4.90 Å². The summed E-state index contributed by atoms with van der Waals surface area (Å²) in [7, 11) is 0. The van der Waals surface area contributed by atoms with Crippen LogP contribution in [0.4, 0.5) is 0 Å². The predicted octanol–water partition coefficient (Wildman–Crippen LogP) is 0.469. The molecule has 1 aliphatic rings. The highest BCUT2D eigenvalue weighted by molar-refractivity contribution is 5.87. The van der Waals surface area contributed by atoms with Crippen LogP contribution < -0.4 is 5.32 Å². The Morgan fingerprint density at radius 2 is 2.00 bits per heavy atom. The van der Waals surface area contributed by atoms with Crippen LogP contribution in [0.3, 0.4) is 0 Å². The Balaban J connectivity index is 2.78. The van der Waals surface area contributed by atoms with Crippen LogP contribution in [0.1, 0.15) is 34.1 Å². The zero-order valence-electron chi connectivity index (χ0n) is 11.8. The Labute approximate surface area is 113 Å². The topological polar surface area (TPSA) is 86.7 Å². The first-order chi connectivity index (χ1) is 8.73. The lowest BCUT2D eigenvalue weighted by Gasteiger charge is -2.40. The van der Waals surface area contributed by atoms with E-state index in [2.05, 4.69) is 5.32 Å². The average molecular weight is 270 g/mol. The van der Waals surface area contributed by atoms with Crippen molar-refractivity contribution in [2.24, 2.45) is 11.8 Å². The van der Waals surface area contributed by atoms with Gasteiger partial charge in [-0.1, -0.05) is 6.92 Å². The molecule has 0 bridgehead atoms. The van der Waals surface area contributed by atoms with Gasteiger partial charge in [-0.3, -0.25) is 14.4 Å². The first-order valence-electron chi connectivity index (χ1n) is 6.55. The Morgan fingerprint density at radius 1 is 1.42 bits per heavy atom. The summed E-state index contributed by atoms with van der Waals surface area (Å²) >= 11 is 0. The Morgan fingerprint density at radius 3 is 2.47 bits per heavy atom. The summed E-state index contributed by atoms with van der Waals surface area (Å²) in [4.78, 5) is 36.3. The van der Waals surface area contributed by atoms with Gasteiger partial charge in [0.1, 0.15) is 0 Å². The lowest BCUT2D eigenvalue weighted by molar-refractivity contribution is -0.156. The molecule has 108 valence electrons. The van der Waals surface area contributed by atoms with Gasteiger partial charge >= 0.3 is 5.97 Å². The number of aliphatic carboxylic acids is 1. The van der Waals surface area contributed by atoms with Crippen LogP contribution in [0, 0.1) is 11.8 Å². The molecule has 3 unspecified atom stereocenters. The molecule has 1 heterocycles. The van der Waals surface area contributed by atoms with E-state index in [0.717, 1.165) is 0 Å². The number of carboxylic acid groups (broad SMARTS) is 1. The molecule has 0 aromatic rings. The van der Waals surface area contributed by atoms with Gasteiger partial charge < -0.3 is 15.3 Å². The van der Waals surface area contributed by atoms with Crippen molar-refractivity contribution in [1.29, 1.82) is 0 Å². The van der Waals surface area contributed by atoms with Crippen LogP contribution >= 0.6 is 0 Å². The van der Waals surface area contributed by atoms with Gasteiger partial charge in [0, 0.05) is 18.5 Å². The molecular formula is C13H22N2O4. The van der Waals surface area contributed by atoms with Gasteiger partial charge in [0.25, 0.3) is 0 Å². The number of amides is 2. The Kier molecular flexibility index (Phi) is 4.91. The number of nitrogens with zero attached hydrogens (tertiary/aromatic N) is 1. The summed E-state index contributed by atoms with van der Waals surface area (Å²) in [6.07, 6.45) is 0.177. The minimum atomic E-state index is -0.915. The monoisotopic (exact) mass is 270 g/mol. The van der Waals surface area contributed by atoms with E-state index in [1.807, 2.05) is 13.8 Å². The maximum absolute atomic E-state index is 12.0. The molecule has 3 atom stereocenters. The van der Waals surface area contributed by atoms with E-state index in [-0.39, 0.29) is 36.7 Å². The normalized spacial score (nSPS) is 27.5. The van der Waals surface area contributed by atoms with E-state index >= 15 is 0 Å². The zero-order chi connectivity index (χ0) is 14.7. The van der Waals surface area contributed by atoms with Gasteiger partial charge in [-0.05, 0) is 26.7 Å². The van der Waals surface area contributed by atoms with Crippen LogP contribution in [-0.4, -0.2) is 46.4 Å².